The zero-order chi connectivity index (χ0) is 37.3. The lowest BCUT2D eigenvalue weighted by Gasteiger charge is -2.28. The molecule has 4 heterocycles. The van der Waals surface area contributed by atoms with E-state index < -0.39 is 12.1 Å². The zero-order valence-corrected chi connectivity index (χ0v) is 30.9. The Hall–Kier alpha value is -5.72. The summed E-state index contributed by atoms with van der Waals surface area (Å²) < 4.78 is 16.5. The fourth-order valence-corrected chi connectivity index (χ4v) is 7.74. The van der Waals surface area contributed by atoms with Crippen LogP contribution in [0.5, 0.6) is 5.75 Å². The number of carbonyl (C=O) groups is 2. The molecule has 0 radical (unpaired) electrons. The van der Waals surface area contributed by atoms with Gasteiger partial charge in [0, 0.05) is 37.8 Å². The number of hydrogen-bond acceptors (Lipinski definition) is 8. The van der Waals surface area contributed by atoms with Crippen LogP contribution in [0.4, 0.5) is 4.79 Å². The van der Waals surface area contributed by atoms with Gasteiger partial charge in [-0.15, -0.1) is 0 Å². The Morgan fingerprint density at radius 1 is 1.02 bits per heavy atom. The second-order valence-electron chi connectivity index (χ2n) is 14.4. The lowest BCUT2D eigenvalue weighted by atomic mass is 9.92. The number of ether oxygens (including phenoxy) is 3. The third-order valence-corrected chi connectivity index (χ3v) is 10.6. The molecule has 2 aliphatic rings. The Morgan fingerprint density at radius 3 is 2.69 bits per heavy atom. The SMILES string of the molecule is COC[C@@H](C)CN[C@@H](C)c1ncc(-c2ccc3c(c2)COc2cc4c(ccc5[nH]c([C@@H]6CCCN6C(=O)[C@H](NC(=O)OC)c6ccccc6)nc54)cc2-3)[nH]1. The van der Waals surface area contributed by atoms with Gasteiger partial charge in [-0.3, -0.25) is 4.79 Å². The van der Waals surface area contributed by atoms with E-state index in [-0.39, 0.29) is 18.0 Å². The number of likely N-dealkylation sites (tertiary alicyclic amines) is 1. The summed E-state index contributed by atoms with van der Waals surface area (Å²) in [6.07, 6.45) is 2.81. The van der Waals surface area contributed by atoms with Crippen molar-refractivity contribution in [1.82, 2.24) is 35.5 Å². The number of aromatic nitrogens is 4. The van der Waals surface area contributed by atoms with Gasteiger partial charge in [-0.1, -0.05) is 55.5 Å². The predicted octanol–water partition coefficient (Wildman–Crippen LogP) is 7.36. The third kappa shape index (κ3) is 6.78. The lowest BCUT2D eigenvalue weighted by molar-refractivity contribution is -0.134. The van der Waals surface area contributed by atoms with Crippen molar-refractivity contribution < 1.29 is 23.8 Å². The first-order valence-corrected chi connectivity index (χ1v) is 18.5. The molecule has 0 spiro atoms. The number of alkyl carbamates (subject to hydrolysis) is 1. The van der Waals surface area contributed by atoms with Gasteiger partial charge in [-0.05, 0) is 77.6 Å². The lowest BCUT2D eigenvalue weighted by Crippen LogP contribution is -2.42. The molecule has 54 heavy (non-hydrogen) atoms. The highest BCUT2D eigenvalue weighted by Crippen LogP contribution is 2.43. The van der Waals surface area contributed by atoms with E-state index in [9.17, 15) is 9.59 Å². The highest BCUT2D eigenvalue weighted by Gasteiger charge is 2.37. The molecule has 0 unspecified atom stereocenters. The summed E-state index contributed by atoms with van der Waals surface area (Å²) in [5.74, 6) is 2.63. The van der Waals surface area contributed by atoms with Crippen LogP contribution in [0.3, 0.4) is 0 Å². The fraction of sp³-hybridized carbons (Fsp3) is 0.333. The third-order valence-electron chi connectivity index (χ3n) is 10.6. The van der Waals surface area contributed by atoms with Gasteiger partial charge in [-0.25, -0.2) is 14.8 Å². The van der Waals surface area contributed by atoms with Crippen LogP contribution >= 0.6 is 0 Å². The molecule has 1 saturated heterocycles. The number of H-pyrrole nitrogens is 2. The number of fused-ring (bicyclic) bond motifs is 6. The maximum atomic E-state index is 14.0. The number of benzene rings is 4. The van der Waals surface area contributed by atoms with Gasteiger partial charge in [0.15, 0.2) is 0 Å². The minimum atomic E-state index is -0.879. The summed E-state index contributed by atoms with van der Waals surface area (Å²) in [5, 5.41) is 8.30. The number of rotatable bonds is 11. The first kappa shape index (κ1) is 35.3. The number of nitrogens with zero attached hydrogens (tertiary/aromatic N) is 3. The van der Waals surface area contributed by atoms with Crippen LogP contribution in [-0.4, -0.2) is 70.8 Å². The summed E-state index contributed by atoms with van der Waals surface area (Å²) in [4.78, 5) is 44.9. The number of imidazole rings is 2. The Labute approximate surface area is 313 Å². The van der Waals surface area contributed by atoms with E-state index >= 15 is 0 Å². The van der Waals surface area contributed by atoms with Crippen molar-refractivity contribution in [2.75, 3.05) is 33.9 Å². The Morgan fingerprint density at radius 2 is 1.87 bits per heavy atom. The molecule has 4 N–H and O–H groups in total. The molecule has 1 fully saturated rings. The van der Waals surface area contributed by atoms with Crippen LogP contribution in [-0.2, 0) is 20.9 Å². The monoisotopic (exact) mass is 727 g/mol. The van der Waals surface area contributed by atoms with Gasteiger partial charge in [0.25, 0.3) is 5.91 Å². The van der Waals surface area contributed by atoms with Crippen molar-refractivity contribution in [3.63, 3.8) is 0 Å². The van der Waals surface area contributed by atoms with E-state index in [1.165, 1.54) is 7.11 Å². The number of carbonyl (C=O) groups excluding carboxylic acids is 2. The van der Waals surface area contributed by atoms with Crippen molar-refractivity contribution in [2.24, 2.45) is 5.92 Å². The van der Waals surface area contributed by atoms with E-state index in [2.05, 4.69) is 75.8 Å². The van der Waals surface area contributed by atoms with Crippen molar-refractivity contribution in [3.8, 4) is 28.1 Å². The summed E-state index contributed by atoms with van der Waals surface area (Å²) >= 11 is 0. The first-order valence-electron chi connectivity index (χ1n) is 18.5. The molecule has 12 nitrogen and oxygen atoms in total. The van der Waals surface area contributed by atoms with E-state index in [4.69, 9.17) is 19.2 Å². The number of methoxy groups -OCH3 is 2. The fourth-order valence-electron chi connectivity index (χ4n) is 7.74. The second kappa shape index (κ2) is 15.0. The molecule has 8 rings (SSSR count). The molecule has 4 atom stereocenters. The van der Waals surface area contributed by atoms with Crippen molar-refractivity contribution in [2.45, 2.75) is 51.4 Å². The predicted molar refractivity (Wildman–Crippen MR) is 207 cm³/mol. The van der Waals surface area contributed by atoms with Crippen molar-refractivity contribution in [1.29, 1.82) is 0 Å². The average Bonchev–Trinajstić information content (AvgIpc) is 3.99. The topological polar surface area (TPSA) is 146 Å². The molecule has 2 aromatic heterocycles. The molecule has 0 aliphatic carbocycles. The van der Waals surface area contributed by atoms with E-state index in [0.29, 0.717) is 31.2 Å². The second-order valence-corrected chi connectivity index (χ2v) is 14.4. The van der Waals surface area contributed by atoms with Crippen LogP contribution < -0.4 is 15.4 Å². The van der Waals surface area contributed by atoms with Gasteiger partial charge in [0.2, 0.25) is 0 Å². The van der Waals surface area contributed by atoms with Crippen molar-refractivity contribution in [3.05, 3.63) is 102 Å². The van der Waals surface area contributed by atoms with Gasteiger partial charge < -0.3 is 39.7 Å². The van der Waals surface area contributed by atoms with Crippen molar-refractivity contribution >= 4 is 33.8 Å². The smallest absolute Gasteiger partial charge is 0.407 e. The van der Waals surface area contributed by atoms with E-state index in [1.54, 1.807) is 7.11 Å². The number of aromatic amines is 2. The molecular formula is C42H45N7O5. The largest absolute Gasteiger partial charge is 0.488 e. The normalized spacial score (nSPS) is 16.7. The minimum absolute atomic E-state index is 0.0816. The molecule has 12 heteroatoms. The molecule has 2 aliphatic heterocycles. The van der Waals surface area contributed by atoms with Gasteiger partial charge >= 0.3 is 6.09 Å². The first-order chi connectivity index (χ1) is 26.3. The van der Waals surface area contributed by atoms with Gasteiger partial charge in [0.05, 0.1) is 42.1 Å². The standard InChI is InChI=1S/C42H45N7O5/c1-24(22-52-3)20-43-25(2)39-44-21-34(46-39)28-12-14-30-29(17-28)23-54-36-19-31-27(18-32(30)36)13-15-33-38(31)47-40(45-33)35-11-8-16-49(35)41(50)37(48-42(51)53-4)26-9-6-5-7-10-26/h5-7,9-10,12-15,17-19,21,24-25,35,37,43H,8,11,16,20,22-23H2,1-4H3,(H,44,46)(H,45,47)(H,48,51)/t24-,25-,35-,37+/m0/s1. The molecule has 6 aromatic rings. The molecule has 278 valence electrons. The highest BCUT2D eigenvalue weighted by molar-refractivity contribution is 6.07. The molecule has 0 bridgehead atoms. The van der Waals surface area contributed by atoms with Crippen LogP contribution in [0.25, 0.3) is 44.2 Å². The quantitative estimate of drug-likeness (QED) is 0.108. The summed E-state index contributed by atoms with van der Waals surface area (Å²) in [7, 11) is 3.02. The van der Waals surface area contributed by atoms with E-state index in [1.807, 2.05) is 47.5 Å². The molecule has 0 saturated carbocycles. The maximum Gasteiger partial charge on any atom is 0.407 e. The molecule has 4 aromatic carbocycles. The Kier molecular flexibility index (Phi) is 9.78. The van der Waals surface area contributed by atoms with Gasteiger partial charge in [0.1, 0.15) is 30.0 Å². The van der Waals surface area contributed by atoms with Crippen LogP contribution in [0, 0.1) is 5.92 Å². The number of amides is 2. The maximum absolute atomic E-state index is 14.0. The number of hydrogen-bond donors (Lipinski definition) is 4. The summed E-state index contributed by atoms with van der Waals surface area (Å²) in [5.41, 5.74) is 7.71. The van der Waals surface area contributed by atoms with Crippen LogP contribution in [0.15, 0.2) is 79.0 Å². The Bertz CT molecular complexity index is 2320. The molecular weight excluding hydrogens is 683 g/mol. The number of nitrogens with one attached hydrogen (secondary N) is 4. The summed E-state index contributed by atoms with van der Waals surface area (Å²) in [6.45, 7) is 6.83. The molecule has 2 amide bonds. The van der Waals surface area contributed by atoms with E-state index in [0.717, 1.165) is 86.5 Å². The van der Waals surface area contributed by atoms with Gasteiger partial charge in [-0.2, -0.15) is 0 Å². The minimum Gasteiger partial charge on any atom is -0.488 e. The summed E-state index contributed by atoms with van der Waals surface area (Å²) in [6, 6.07) is 23.1. The van der Waals surface area contributed by atoms with Crippen LogP contribution in [0.2, 0.25) is 0 Å². The van der Waals surface area contributed by atoms with Crippen LogP contribution in [0.1, 0.15) is 67.6 Å². The zero-order valence-electron chi connectivity index (χ0n) is 30.9. The average molecular weight is 728 g/mol. The Balaban J connectivity index is 1.05. The highest BCUT2D eigenvalue weighted by atomic mass is 16.5.